The number of carbonyl (C=O) groups is 2. The third kappa shape index (κ3) is 11.9. The molecule has 3 N–H and O–H groups in total. The lowest BCUT2D eigenvalue weighted by Crippen LogP contribution is -2.52. The van der Waals surface area contributed by atoms with Crippen LogP contribution in [0.2, 0.25) is 0 Å². The van der Waals surface area contributed by atoms with Crippen molar-refractivity contribution in [1.29, 1.82) is 0 Å². The first-order chi connectivity index (χ1) is 26.7. The van der Waals surface area contributed by atoms with Gasteiger partial charge in [-0.05, 0) is 85.7 Å². The Bertz CT molecular complexity index is 2210. The SMILES string of the molecule is CC(C)(C)OC(=O)N[C@@H](Cc1ccc(OCc2ccc(-c3ccccc3)cc2)cc1)C(=O)N(c1ccc(NCCCc2ccccc2)c([N+](=O)[O-])c1)S(=O)(=O)O. The van der Waals surface area contributed by atoms with Crippen LogP contribution in [-0.2, 0) is 39.3 Å². The number of hydrogen-bond donors (Lipinski definition) is 3. The number of aryl methyl sites for hydroxylation is 1. The number of ether oxygens (including phenoxy) is 2. The van der Waals surface area contributed by atoms with Crippen molar-refractivity contribution in [2.24, 2.45) is 0 Å². The Morgan fingerprint density at radius 1 is 0.821 bits per heavy atom. The number of hydrogen-bond acceptors (Lipinski definition) is 9. The van der Waals surface area contributed by atoms with Crippen LogP contribution in [0.4, 0.5) is 21.9 Å². The van der Waals surface area contributed by atoms with Crippen molar-refractivity contribution in [3.8, 4) is 16.9 Å². The molecule has 0 radical (unpaired) electrons. The first kappa shape index (κ1) is 40.9. The molecule has 13 nitrogen and oxygen atoms in total. The predicted octanol–water partition coefficient (Wildman–Crippen LogP) is 8.16. The minimum atomic E-state index is -5.36. The molecule has 0 spiro atoms. The third-order valence-electron chi connectivity index (χ3n) is 8.46. The second-order valence-corrected chi connectivity index (χ2v) is 15.2. The summed E-state index contributed by atoms with van der Waals surface area (Å²) in [6.07, 6.45) is 0.0999. The number of anilines is 2. The Morgan fingerprint density at radius 2 is 1.43 bits per heavy atom. The van der Waals surface area contributed by atoms with Crippen molar-refractivity contribution in [1.82, 2.24) is 5.32 Å². The number of carbonyl (C=O) groups excluding carboxylic acids is 2. The highest BCUT2D eigenvalue weighted by molar-refractivity contribution is 7.88. The summed E-state index contributed by atoms with van der Waals surface area (Å²) in [6.45, 7) is 5.48. The van der Waals surface area contributed by atoms with E-state index in [0.29, 0.717) is 24.3 Å². The molecule has 0 heterocycles. The highest BCUT2D eigenvalue weighted by Gasteiger charge is 2.36. The average molecular weight is 781 g/mol. The highest BCUT2D eigenvalue weighted by atomic mass is 32.2. The van der Waals surface area contributed by atoms with E-state index in [1.807, 2.05) is 84.9 Å². The standard InChI is InChI=1S/C42H44N4O9S/c1-42(2,3)55-41(48)44-38(27-31-18-23-36(24-19-31)54-29-32-16-20-34(21-17-32)33-14-8-5-9-15-33)40(47)45(56(51,52)53)35-22-25-37(39(28-35)46(49)50)43-26-10-13-30-11-6-4-7-12-30/h4-9,11-12,14-25,28,38,43H,10,13,26-27,29H2,1-3H3,(H,44,48)(H,51,52,53)/t38-/m0/s1. The van der Waals surface area contributed by atoms with E-state index in [9.17, 15) is 32.7 Å². The molecule has 5 rings (SSSR count). The molecule has 14 heteroatoms. The number of alkyl carbamates (subject to hydrolysis) is 1. The van der Waals surface area contributed by atoms with Crippen LogP contribution < -0.4 is 19.7 Å². The van der Waals surface area contributed by atoms with Gasteiger partial charge in [-0.15, -0.1) is 0 Å². The van der Waals surface area contributed by atoms with Gasteiger partial charge in [-0.3, -0.25) is 19.5 Å². The van der Waals surface area contributed by atoms with E-state index in [4.69, 9.17) is 9.47 Å². The largest absolute Gasteiger partial charge is 0.489 e. The number of rotatable bonds is 16. The Morgan fingerprint density at radius 3 is 2.04 bits per heavy atom. The van der Waals surface area contributed by atoms with Gasteiger partial charge >= 0.3 is 16.4 Å². The zero-order valence-electron chi connectivity index (χ0n) is 31.3. The van der Waals surface area contributed by atoms with Crippen LogP contribution in [-0.4, -0.2) is 48.1 Å². The molecule has 0 aromatic heterocycles. The van der Waals surface area contributed by atoms with Gasteiger partial charge in [0.25, 0.3) is 11.6 Å². The smallest absolute Gasteiger partial charge is 0.408 e. The Balaban J connectivity index is 1.32. The molecule has 0 aliphatic heterocycles. The van der Waals surface area contributed by atoms with Crippen LogP contribution >= 0.6 is 0 Å². The van der Waals surface area contributed by atoms with Crippen molar-refractivity contribution in [2.45, 2.75) is 58.3 Å². The molecule has 2 amide bonds. The van der Waals surface area contributed by atoms with E-state index >= 15 is 0 Å². The maximum absolute atomic E-state index is 14.1. The second-order valence-electron chi connectivity index (χ2n) is 14.0. The monoisotopic (exact) mass is 780 g/mol. The molecule has 0 saturated heterocycles. The van der Waals surface area contributed by atoms with E-state index < -0.39 is 50.2 Å². The number of nitro groups is 1. The summed E-state index contributed by atoms with van der Waals surface area (Å²) >= 11 is 0. The fourth-order valence-electron chi connectivity index (χ4n) is 5.82. The van der Waals surface area contributed by atoms with Gasteiger partial charge in [0.1, 0.15) is 29.7 Å². The summed E-state index contributed by atoms with van der Waals surface area (Å²) in [5.74, 6) is -0.764. The van der Waals surface area contributed by atoms with Gasteiger partial charge in [-0.1, -0.05) is 97.1 Å². The summed E-state index contributed by atoms with van der Waals surface area (Å²) < 4.78 is 47.2. The van der Waals surface area contributed by atoms with Gasteiger partial charge in [0.2, 0.25) is 0 Å². The molecular weight excluding hydrogens is 737 g/mol. The van der Waals surface area contributed by atoms with Gasteiger partial charge in [0.05, 0.1) is 10.6 Å². The number of benzene rings is 5. The summed E-state index contributed by atoms with van der Waals surface area (Å²) in [6, 6.07) is 36.0. The van der Waals surface area contributed by atoms with Crippen LogP contribution in [0.1, 0.15) is 43.9 Å². The minimum absolute atomic E-state index is 0.0295. The van der Waals surface area contributed by atoms with Crippen molar-refractivity contribution in [2.75, 3.05) is 16.2 Å². The van der Waals surface area contributed by atoms with Gasteiger partial charge in [0.15, 0.2) is 0 Å². The molecular formula is C42H44N4O9S. The van der Waals surface area contributed by atoms with Crippen LogP contribution in [0, 0.1) is 10.1 Å². The molecule has 5 aromatic carbocycles. The molecule has 0 bridgehead atoms. The van der Waals surface area contributed by atoms with E-state index in [2.05, 4.69) is 10.6 Å². The summed E-state index contributed by atoms with van der Waals surface area (Å²) in [5, 5.41) is 17.5. The number of nitrogens with zero attached hydrogens (tertiary/aromatic N) is 2. The first-order valence-corrected chi connectivity index (χ1v) is 19.3. The Hall–Kier alpha value is -6.25. The molecule has 0 unspecified atom stereocenters. The van der Waals surface area contributed by atoms with E-state index in [-0.39, 0.29) is 23.0 Å². The Labute approximate surface area is 326 Å². The van der Waals surface area contributed by atoms with Crippen molar-refractivity contribution in [3.05, 3.63) is 154 Å². The summed E-state index contributed by atoms with van der Waals surface area (Å²) in [4.78, 5) is 38.4. The van der Waals surface area contributed by atoms with Gasteiger partial charge < -0.3 is 20.1 Å². The van der Waals surface area contributed by atoms with Crippen LogP contribution in [0.15, 0.2) is 127 Å². The van der Waals surface area contributed by atoms with Gasteiger partial charge in [-0.2, -0.15) is 12.7 Å². The van der Waals surface area contributed by atoms with Crippen molar-refractivity contribution < 1.29 is 37.0 Å². The van der Waals surface area contributed by atoms with Crippen molar-refractivity contribution >= 4 is 39.4 Å². The fourth-order valence-corrected chi connectivity index (χ4v) is 6.56. The van der Waals surface area contributed by atoms with Crippen molar-refractivity contribution in [3.63, 3.8) is 0 Å². The fraction of sp³-hybridized carbons (Fsp3) is 0.238. The van der Waals surface area contributed by atoms with Crippen LogP contribution in [0.5, 0.6) is 5.75 Å². The molecule has 56 heavy (non-hydrogen) atoms. The third-order valence-corrected chi connectivity index (χ3v) is 9.31. The Kier molecular flexibility index (Phi) is 13.4. The number of nitro benzene ring substituents is 1. The number of nitrogens with one attached hydrogen (secondary N) is 2. The summed E-state index contributed by atoms with van der Waals surface area (Å²) in [5.41, 5.74) is 2.81. The summed E-state index contributed by atoms with van der Waals surface area (Å²) in [7, 11) is -5.36. The maximum Gasteiger partial charge on any atom is 0.408 e. The zero-order chi connectivity index (χ0) is 40.3. The molecule has 0 aliphatic carbocycles. The van der Waals surface area contributed by atoms with E-state index in [1.165, 1.54) is 6.07 Å². The molecule has 1 atom stereocenters. The lowest BCUT2D eigenvalue weighted by molar-refractivity contribution is -0.383. The zero-order valence-corrected chi connectivity index (χ0v) is 32.1. The molecule has 5 aromatic rings. The number of amides is 2. The maximum atomic E-state index is 14.1. The lowest BCUT2D eigenvalue weighted by atomic mass is 10.0. The van der Waals surface area contributed by atoms with E-state index in [1.54, 1.807) is 45.0 Å². The highest BCUT2D eigenvalue weighted by Crippen LogP contribution is 2.32. The topological polar surface area (TPSA) is 177 Å². The minimum Gasteiger partial charge on any atom is -0.489 e. The lowest BCUT2D eigenvalue weighted by Gasteiger charge is -2.27. The normalized spacial score (nSPS) is 11.9. The second kappa shape index (κ2) is 18.4. The van der Waals surface area contributed by atoms with Gasteiger partial charge in [-0.25, -0.2) is 4.79 Å². The quantitative estimate of drug-likeness (QED) is 0.0383. The van der Waals surface area contributed by atoms with Crippen LogP contribution in [0.25, 0.3) is 11.1 Å². The average Bonchev–Trinajstić information content (AvgIpc) is 3.16. The van der Waals surface area contributed by atoms with Crippen LogP contribution in [0.3, 0.4) is 0 Å². The molecule has 0 saturated carbocycles. The molecule has 0 fully saturated rings. The van der Waals surface area contributed by atoms with Gasteiger partial charge in [0, 0.05) is 19.0 Å². The predicted molar refractivity (Wildman–Crippen MR) is 215 cm³/mol. The van der Waals surface area contributed by atoms with E-state index in [0.717, 1.165) is 40.8 Å². The molecule has 292 valence electrons. The molecule has 0 aliphatic rings. The first-order valence-electron chi connectivity index (χ1n) is 17.9.